The fraction of sp³-hybridized carbons (Fsp3) is 0.643. The largest absolute Gasteiger partial charge is 0.293 e. The summed E-state index contributed by atoms with van der Waals surface area (Å²) in [6.45, 7) is 8.63. The second-order valence-electron chi connectivity index (χ2n) is 5.38. The fourth-order valence-electron chi connectivity index (χ4n) is 2.47. The van der Waals surface area contributed by atoms with Crippen LogP contribution in [-0.4, -0.2) is 29.8 Å². The number of hydrogen-bond donors (Lipinski definition) is 0. The summed E-state index contributed by atoms with van der Waals surface area (Å²) < 4.78 is 0.686. The number of halogens is 1. The van der Waals surface area contributed by atoms with Gasteiger partial charge in [-0.3, -0.25) is 9.69 Å². The maximum Gasteiger partial charge on any atom is 0.189 e. The van der Waals surface area contributed by atoms with Crippen LogP contribution in [0.3, 0.4) is 0 Å². The predicted molar refractivity (Wildman–Crippen MR) is 77.6 cm³/mol. The van der Waals surface area contributed by atoms with E-state index in [1.54, 1.807) is 6.07 Å². The Bertz CT molecular complexity index is 431. The van der Waals surface area contributed by atoms with E-state index in [1.807, 2.05) is 13.0 Å². The van der Waals surface area contributed by atoms with Gasteiger partial charge in [0, 0.05) is 6.54 Å². The van der Waals surface area contributed by atoms with Crippen LogP contribution in [-0.2, 0) is 0 Å². The van der Waals surface area contributed by atoms with E-state index in [0.717, 1.165) is 23.9 Å². The number of piperidine rings is 1. The molecule has 0 aliphatic carbocycles. The van der Waals surface area contributed by atoms with Gasteiger partial charge in [-0.15, -0.1) is 11.3 Å². The van der Waals surface area contributed by atoms with E-state index in [4.69, 9.17) is 11.6 Å². The number of carbonyl (C=O) groups excluding carboxylic acids is 1. The number of rotatable bonds is 3. The summed E-state index contributed by atoms with van der Waals surface area (Å²) in [5.41, 5.74) is 0. The lowest BCUT2D eigenvalue weighted by Gasteiger charge is -2.38. The topological polar surface area (TPSA) is 20.3 Å². The molecule has 2 rings (SSSR count). The summed E-state index contributed by atoms with van der Waals surface area (Å²) in [6.07, 6.45) is 1.18. The highest BCUT2D eigenvalue weighted by atomic mass is 35.5. The Balaban J connectivity index is 2.03. The Morgan fingerprint density at radius 1 is 1.44 bits per heavy atom. The third kappa shape index (κ3) is 2.95. The molecule has 0 spiro atoms. The van der Waals surface area contributed by atoms with Crippen LogP contribution in [0.15, 0.2) is 12.1 Å². The zero-order valence-corrected chi connectivity index (χ0v) is 12.7. The van der Waals surface area contributed by atoms with Crippen molar-refractivity contribution in [3.05, 3.63) is 21.3 Å². The molecule has 1 aliphatic heterocycles. The summed E-state index contributed by atoms with van der Waals surface area (Å²) >= 11 is 7.27. The number of ketones is 1. The van der Waals surface area contributed by atoms with Crippen molar-refractivity contribution in [2.75, 3.05) is 13.1 Å². The van der Waals surface area contributed by atoms with Gasteiger partial charge in [-0.25, -0.2) is 0 Å². The van der Waals surface area contributed by atoms with Gasteiger partial charge in [0.15, 0.2) is 5.78 Å². The van der Waals surface area contributed by atoms with Crippen molar-refractivity contribution in [3.8, 4) is 0 Å². The van der Waals surface area contributed by atoms with E-state index in [9.17, 15) is 4.79 Å². The normalized spacial score (nSPS) is 27.1. The molecule has 1 saturated heterocycles. The first-order valence-electron chi connectivity index (χ1n) is 6.52. The molecule has 100 valence electrons. The Morgan fingerprint density at radius 2 is 2.17 bits per heavy atom. The SMILES string of the molecule is CC1CCN(C(C)C(=O)c2ccc(Cl)s2)CC1C. The summed E-state index contributed by atoms with van der Waals surface area (Å²) in [4.78, 5) is 15.4. The molecule has 0 saturated carbocycles. The minimum atomic E-state index is -0.0327. The van der Waals surface area contributed by atoms with Crippen molar-refractivity contribution in [1.29, 1.82) is 0 Å². The average Bonchev–Trinajstić information content (AvgIpc) is 2.77. The minimum absolute atomic E-state index is 0.0327. The van der Waals surface area contributed by atoms with Gasteiger partial charge in [-0.1, -0.05) is 25.4 Å². The van der Waals surface area contributed by atoms with E-state index in [2.05, 4.69) is 18.7 Å². The second-order valence-corrected chi connectivity index (χ2v) is 7.10. The molecule has 1 aromatic heterocycles. The van der Waals surface area contributed by atoms with Crippen LogP contribution < -0.4 is 0 Å². The maximum absolute atomic E-state index is 12.4. The molecule has 18 heavy (non-hydrogen) atoms. The number of nitrogens with zero attached hydrogens (tertiary/aromatic N) is 1. The van der Waals surface area contributed by atoms with Crippen LogP contribution in [0.2, 0.25) is 4.34 Å². The molecule has 2 nitrogen and oxygen atoms in total. The van der Waals surface area contributed by atoms with E-state index in [1.165, 1.54) is 17.8 Å². The van der Waals surface area contributed by atoms with Gasteiger partial charge in [0.25, 0.3) is 0 Å². The highest BCUT2D eigenvalue weighted by Crippen LogP contribution is 2.27. The average molecular weight is 286 g/mol. The molecule has 4 heteroatoms. The van der Waals surface area contributed by atoms with Gasteiger partial charge in [-0.05, 0) is 43.9 Å². The number of likely N-dealkylation sites (tertiary alicyclic amines) is 1. The van der Waals surface area contributed by atoms with Crippen LogP contribution in [0.5, 0.6) is 0 Å². The molecule has 0 aromatic carbocycles. The van der Waals surface area contributed by atoms with Crippen LogP contribution in [0.1, 0.15) is 36.9 Å². The van der Waals surface area contributed by atoms with Gasteiger partial charge in [0.1, 0.15) is 0 Å². The lowest BCUT2D eigenvalue weighted by Crippen LogP contribution is -2.46. The van der Waals surface area contributed by atoms with E-state index < -0.39 is 0 Å². The quantitative estimate of drug-likeness (QED) is 0.784. The van der Waals surface area contributed by atoms with E-state index in [-0.39, 0.29) is 11.8 Å². The van der Waals surface area contributed by atoms with Crippen molar-refractivity contribution in [2.45, 2.75) is 33.2 Å². The molecule has 3 atom stereocenters. The monoisotopic (exact) mass is 285 g/mol. The lowest BCUT2D eigenvalue weighted by atomic mass is 9.87. The van der Waals surface area contributed by atoms with Crippen LogP contribution in [0.25, 0.3) is 0 Å². The first kappa shape index (κ1) is 14.0. The molecule has 1 fully saturated rings. The predicted octanol–water partition coefficient (Wildman–Crippen LogP) is 3.95. The van der Waals surface area contributed by atoms with Crippen molar-refractivity contribution in [2.24, 2.45) is 11.8 Å². The van der Waals surface area contributed by atoms with Crippen molar-refractivity contribution < 1.29 is 4.79 Å². The molecular formula is C14H20ClNOS. The lowest BCUT2D eigenvalue weighted by molar-refractivity contribution is 0.0693. The van der Waals surface area contributed by atoms with E-state index >= 15 is 0 Å². The Morgan fingerprint density at radius 3 is 2.72 bits per heavy atom. The molecule has 0 N–H and O–H groups in total. The van der Waals surface area contributed by atoms with Gasteiger partial charge < -0.3 is 0 Å². The first-order chi connectivity index (χ1) is 8.49. The molecule has 1 aromatic rings. The zero-order valence-electron chi connectivity index (χ0n) is 11.1. The number of carbonyl (C=O) groups is 1. The smallest absolute Gasteiger partial charge is 0.189 e. The summed E-state index contributed by atoms with van der Waals surface area (Å²) in [7, 11) is 0. The summed E-state index contributed by atoms with van der Waals surface area (Å²) in [5.74, 6) is 1.63. The third-order valence-electron chi connectivity index (χ3n) is 4.11. The molecule has 0 bridgehead atoms. The van der Waals surface area contributed by atoms with Gasteiger partial charge in [0.2, 0.25) is 0 Å². The van der Waals surface area contributed by atoms with Crippen molar-refractivity contribution >= 4 is 28.7 Å². The minimum Gasteiger partial charge on any atom is -0.293 e. The molecule has 2 heterocycles. The fourth-order valence-corrected chi connectivity index (χ4v) is 3.53. The standard InChI is InChI=1S/C14H20ClNOS/c1-9-6-7-16(8-10(9)2)11(3)14(17)12-4-5-13(15)18-12/h4-5,9-11H,6-8H2,1-3H3. The van der Waals surface area contributed by atoms with Crippen LogP contribution in [0, 0.1) is 11.8 Å². The zero-order chi connectivity index (χ0) is 13.3. The van der Waals surface area contributed by atoms with Gasteiger partial charge in [-0.2, -0.15) is 0 Å². The molecule has 3 unspecified atom stereocenters. The number of hydrogen-bond acceptors (Lipinski definition) is 3. The van der Waals surface area contributed by atoms with Gasteiger partial charge in [0.05, 0.1) is 15.3 Å². The second kappa shape index (κ2) is 5.72. The maximum atomic E-state index is 12.4. The summed E-state index contributed by atoms with van der Waals surface area (Å²) in [6, 6.07) is 3.60. The molecule has 0 amide bonds. The Hall–Kier alpha value is -0.380. The van der Waals surface area contributed by atoms with Crippen LogP contribution >= 0.6 is 22.9 Å². The van der Waals surface area contributed by atoms with Crippen LogP contribution in [0.4, 0.5) is 0 Å². The summed E-state index contributed by atoms with van der Waals surface area (Å²) in [5, 5.41) is 0. The van der Waals surface area contributed by atoms with Crippen molar-refractivity contribution in [3.63, 3.8) is 0 Å². The Labute approximate surface area is 118 Å². The first-order valence-corrected chi connectivity index (χ1v) is 7.72. The van der Waals surface area contributed by atoms with Crippen molar-refractivity contribution in [1.82, 2.24) is 4.90 Å². The molecular weight excluding hydrogens is 266 g/mol. The number of Topliss-reactive ketones (excluding diaryl/α,β-unsaturated/α-hetero) is 1. The van der Waals surface area contributed by atoms with Gasteiger partial charge >= 0.3 is 0 Å². The highest BCUT2D eigenvalue weighted by molar-refractivity contribution is 7.18. The molecule has 1 aliphatic rings. The van der Waals surface area contributed by atoms with E-state index in [0.29, 0.717) is 10.3 Å². The number of thiophene rings is 1. The third-order valence-corrected chi connectivity index (χ3v) is 5.35. The Kier molecular flexibility index (Phi) is 4.46. The molecule has 0 radical (unpaired) electrons. The highest BCUT2D eigenvalue weighted by Gasteiger charge is 2.29.